The predicted octanol–water partition coefficient (Wildman–Crippen LogP) is 5.92. The predicted molar refractivity (Wildman–Crippen MR) is 130 cm³/mol. The van der Waals surface area contributed by atoms with Crippen LogP contribution in [-0.4, -0.2) is 12.3 Å². The third kappa shape index (κ3) is 4.22. The molecule has 4 rings (SSSR count). The smallest absolute Gasteiger partial charge is 0.143 e. The van der Waals surface area contributed by atoms with E-state index in [9.17, 15) is 9.13 Å². The van der Waals surface area contributed by atoms with Crippen molar-refractivity contribution in [1.82, 2.24) is 0 Å². The summed E-state index contributed by atoms with van der Waals surface area (Å²) in [6.07, 6.45) is 8.84. The lowest BCUT2D eigenvalue weighted by molar-refractivity contribution is 0.581. The maximum absolute atomic E-state index is 14.4. The van der Waals surface area contributed by atoms with Crippen LogP contribution in [0.15, 0.2) is 115 Å². The molecule has 1 atom stereocenters. The third-order valence-corrected chi connectivity index (χ3v) is 12.3. The van der Waals surface area contributed by atoms with Gasteiger partial charge in [-0.05, 0) is 12.8 Å². The fourth-order valence-electron chi connectivity index (χ4n) is 3.97. The molecule has 1 aliphatic carbocycles. The lowest BCUT2D eigenvalue weighted by Gasteiger charge is -2.25. The van der Waals surface area contributed by atoms with Gasteiger partial charge in [0, 0.05) is 33.6 Å². The molecule has 3 aromatic rings. The summed E-state index contributed by atoms with van der Waals surface area (Å²) in [6.45, 7) is 0. The van der Waals surface area contributed by atoms with Gasteiger partial charge in [-0.25, -0.2) is 0 Å². The minimum atomic E-state index is -2.92. The van der Waals surface area contributed by atoms with E-state index in [4.69, 9.17) is 0 Å². The molecule has 0 aromatic heterocycles. The molecular formula is C26H26O2P2. The van der Waals surface area contributed by atoms with E-state index < -0.39 is 14.3 Å². The van der Waals surface area contributed by atoms with Gasteiger partial charge in [0.2, 0.25) is 0 Å². The van der Waals surface area contributed by atoms with E-state index in [-0.39, 0.29) is 0 Å². The van der Waals surface area contributed by atoms with Crippen LogP contribution in [0.4, 0.5) is 0 Å². The highest BCUT2D eigenvalue weighted by atomic mass is 31.2. The zero-order valence-electron chi connectivity index (χ0n) is 16.9. The average molecular weight is 432 g/mol. The Morgan fingerprint density at radius 1 is 0.567 bits per heavy atom. The molecule has 0 heterocycles. The molecule has 0 aliphatic heterocycles. The summed E-state index contributed by atoms with van der Waals surface area (Å²) in [7, 11) is -5.80. The largest absolute Gasteiger partial charge is 0.314 e. The summed E-state index contributed by atoms with van der Waals surface area (Å²) in [5.74, 6) is 0. The molecule has 0 saturated heterocycles. The second-order valence-corrected chi connectivity index (χ2v) is 13.5. The van der Waals surface area contributed by atoms with Gasteiger partial charge in [0.25, 0.3) is 0 Å². The Bertz CT molecular complexity index is 1090. The molecule has 0 spiro atoms. The van der Waals surface area contributed by atoms with Crippen molar-refractivity contribution >= 4 is 30.2 Å². The van der Waals surface area contributed by atoms with E-state index in [0.717, 1.165) is 34.1 Å². The number of allylic oxidation sites excluding steroid dienone is 4. The minimum absolute atomic E-state index is 0.373. The summed E-state index contributed by atoms with van der Waals surface area (Å²) < 4.78 is 28.9. The highest BCUT2D eigenvalue weighted by Gasteiger charge is 2.34. The van der Waals surface area contributed by atoms with E-state index in [1.807, 2.05) is 97.1 Å². The third-order valence-electron chi connectivity index (χ3n) is 5.64. The summed E-state index contributed by atoms with van der Waals surface area (Å²) in [4.78, 5) is 0. The molecule has 2 nitrogen and oxygen atoms in total. The highest BCUT2D eigenvalue weighted by Crippen LogP contribution is 2.57. The average Bonchev–Trinajstić information content (AvgIpc) is 2.84. The highest BCUT2D eigenvalue weighted by molar-refractivity contribution is 7.81. The maximum Gasteiger partial charge on any atom is 0.143 e. The van der Waals surface area contributed by atoms with Gasteiger partial charge >= 0.3 is 0 Å². The molecule has 0 radical (unpaired) electrons. The monoisotopic (exact) mass is 432 g/mol. The second-order valence-electron chi connectivity index (χ2n) is 7.54. The van der Waals surface area contributed by atoms with Gasteiger partial charge in [-0.3, -0.25) is 0 Å². The number of hydrogen-bond donors (Lipinski definition) is 0. The first-order chi connectivity index (χ1) is 14.6. The van der Waals surface area contributed by atoms with Crippen molar-refractivity contribution in [3.8, 4) is 0 Å². The lowest BCUT2D eigenvalue weighted by atomic mass is 10.2. The summed E-state index contributed by atoms with van der Waals surface area (Å²) in [5, 5.41) is 3.39. The summed E-state index contributed by atoms with van der Waals surface area (Å²) in [6, 6.07) is 29.0. The molecular weight excluding hydrogens is 406 g/mol. The first kappa shape index (κ1) is 20.9. The van der Waals surface area contributed by atoms with Crippen LogP contribution < -0.4 is 15.9 Å². The van der Waals surface area contributed by atoms with Crippen LogP contribution in [0, 0.1) is 0 Å². The van der Waals surface area contributed by atoms with Gasteiger partial charge in [0.15, 0.2) is 0 Å². The van der Waals surface area contributed by atoms with Gasteiger partial charge in [-0.1, -0.05) is 109 Å². The molecule has 0 amide bonds. The Balaban J connectivity index is 1.76. The van der Waals surface area contributed by atoms with Gasteiger partial charge in [0.05, 0.1) is 0 Å². The van der Waals surface area contributed by atoms with Crippen LogP contribution in [0.3, 0.4) is 0 Å². The molecule has 0 fully saturated rings. The van der Waals surface area contributed by atoms with Gasteiger partial charge in [-0.2, -0.15) is 0 Å². The molecule has 0 N–H and O–H groups in total. The van der Waals surface area contributed by atoms with E-state index in [1.54, 1.807) is 0 Å². The lowest BCUT2D eigenvalue weighted by Crippen LogP contribution is -2.21. The Hall–Kier alpha value is -2.40. The SMILES string of the molecule is O=P(CCP(=O)(c1ccccc1)c1ccccc1)(C1=CCCC=C1)c1ccccc1. The zero-order chi connectivity index (χ0) is 20.9. The Kier molecular flexibility index (Phi) is 6.38. The molecule has 0 saturated carbocycles. The molecule has 4 heteroatoms. The van der Waals surface area contributed by atoms with E-state index in [2.05, 4.69) is 12.2 Å². The van der Waals surface area contributed by atoms with E-state index >= 15 is 0 Å². The topological polar surface area (TPSA) is 34.1 Å². The summed E-state index contributed by atoms with van der Waals surface area (Å²) >= 11 is 0. The van der Waals surface area contributed by atoms with Crippen LogP contribution in [-0.2, 0) is 9.13 Å². The molecule has 30 heavy (non-hydrogen) atoms. The number of rotatable bonds is 7. The van der Waals surface area contributed by atoms with Gasteiger partial charge < -0.3 is 9.13 Å². The molecule has 1 aliphatic rings. The first-order valence-electron chi connectivity index (χ1n) is 10.4. The number of hydrogen-bond acceptors (Lipinski definition) is 2. The molecule has 0 bridgehead atoms. The molecule has 152 valence electrons. The fourth-order valence-corrected chi connectivity index (χ4v) is 10.6. The van der Waals surface area contributed by atoms with Crippen molar-refractivity contribution < 1.29 is 9.13 Å². The van der Waals surface area contributed by atoms with Crippen LogP contribution in [0.5, 0.6) is 0 Å². The second kappa shape index (κ2) is 9.17. The van der Waals surface area contributed by atoms with Crippen molar-refractivity contribution in [3.63, 3.8) is 0 Å². The van der Waals surface area contributed by atoms with Crippen molar-refractivity contribution in [2.75, 3.05) is 12.3 Å². The quantitative estimate of drug-likeness (QED) is 0.434. The minimum Gasteiger partial charge on any atom is -0.314 e. The van der Waals surface area contributed by atoms with Crippen LogP contribution in [0.2, 0.25) is 0 Å². The van der Waals surface area contributed by atoms with Crippen molar-refractivity contribution in [3.05, 3.63) is 115 Å². The normalized spacial score (nSPS) is 15.9. The zero-order valence-corrected chi connectivity index (χ0v) is 18.7. The van der Waals surface area contributed by atoms with Gasteiger partial charge in [-0.15, -0.1) is 0 Å². The molecule has 3 aromatic carbocycles. The molecule has 1 unspecified atom stereocenters. The van der Waals surface area contributed by atoms with Crippen molar-refractivity contribution in [1.29, 1.82) is 0 Å². The van der Waals surface area contributed by atoms with Crippen molar-refractivity contribution in [2.45, 2.75) is 12.8 Å². The maximum atomic E-state index is 14.4. The van der Waals surface area contributed by atoms with Gasteiger partial charge in [0.1, 0.15) is 14.3 Å². The standard InChI is InChI=1S/C26H26O2P2/c27-29(23-13-5-1-6-14-23,24-15-7-2-8-16-24)21-22-30(28,25-17-9-3-10-18-25)26-19-11-4-12-20-26/h1-3,5-11,13-20H,4,12,21-22H2. The van der Waals surface area contributed by atoms with E-state index in [1.165, 1.54) is 0 Å². The first-order valence-corrected chi connectivity index (χ1v) is 14.1. The Labute approximate surface area is 179 Å². The Morgan fingerprint density at radius 2 is 1.00 bits per heavy atom. The van der Waals surface area contributed by atoms with Crippen LogP contribution >= 0.6 is 14.3 Å². The fraction of sp³-hybridized carbons (Fsp3) is 0.154. The van der Waals surface area contributed by atoms with E-state index in [0.29, 0.717) is 12.3 Å². The van der Waals surface area contributed by atoms with Crippen LogP contribution in [0.1, 0.15) is 12.8 Å². The van der Waals surface area contributed by atoms with Crippen LogP contribution in [0.25, 0.3) is 0 Å². The summed E-state index contributed by atoms with van der Waals surface area (Å²) in [5.41, 5.74) is 0. The van der Waals surface area contributed by atoms with Crippen molar-refractivity contribution in [2.24, 2.45) is 0 Å². The number of benzene rings is 3. The Morgan fingerprint density at radius 3 is 1.43 bits per heavy atom.